The predicted molar refractivity (Wildman–Crippen MR) is 51.2 cm³/mol. The van der Waals surface area contributed by atoms with E-state index in [1.807, 2.05) is 0 Å². The van der Waals surface area contributed by atoms with Gasteiger partial charge >= 0.3 is 0 Å². The van der Waals surface area contributed by atoms with Crippen molar-refractivity contribution in [2.75, 3.05) is 6.54 Å². The quantitative estimate of drug-likeness (QED) is 0.710. The summed E-state index contributed by atoms with van der Waals surface area (Å²) in [4.78, 5) is 11.2. The van der Waals surface area contributed by atoms with Crippen LogP contribution in [-0.2, 0) is 0 Å². The molecule has 3 nitrogen and oxygen atoms in total. The minimum absolute atomic E-state index is 0.0806. The average molecular weight is 200 g/mol. The maximum Gasteiger partial charge on any atom is 0.181 e. The van der Waals surface area contributed by atoms with Crippen LogP contribution >= 0.6 is 11.6 Å². The highest BCUT2D eigenvalue weighted by atomic mass is 35.5. The fourth-order valence-electron chi connectivity index (χ4n) is 1.04. The van der Waals surface area contributed by atoms with Gasteiger partial charge in [0.1, 0.15) is 5.75 Å². The Bertz CT molecular complexity index is 350. The van der Waals surface area contributed by atoms with Crippen LogP contribution in [0.2, 0.25) is 5.02 Å². The lowest BCUT2D eigenvalue weighted by Gasteiger charge is -2.06. The monoisotopic (exact) mass is 199 g/mol. The highest BCUT2D eigenvalue weighted by Gasteiger charge is 2.15. The number of hydrogen-bond acceptors (Lipinski definition) is 3. The van der Waals surface area contributed by atoms with E-state index in [4.69, 9.17) is 17.3 Å². The van der Waals surface area contributed by atoms with Gasteiger partial charge in [-0.2, -0.15) is 0 Å². The van der Waals surface area contributed by atoms with E-state index in [-0.39, 0.29) is 28.7 Å². The van der Waals surface area contributed by atoms with E-state index in [0.717, 1.165) is 0 Å². The number of halogens is 1. The lowest BCUT2D eigenvalue weighted by atomic mass is 10.1. The number of benzene rings is 1. The molecular weight excluding hydrogens is 190 g/mol. The van der Waals surface area contributed by atoms with Crippen molar-refractivity contribution in [2.45, 2.75) is 6.92 Å². The number of aryl methyl sites for hydroxylation is 1. The third kappa shape index (κ3) is 1.82. The zero-order valence-electron chi connectivity index (χ0n) is 7.17. The van der Waals surface area contributed by atoms with Gasteiger partial charge in [-0.3, -0.25) is 4.79 Å². The van der Waals surface area contributed by atoms with Gasteiger partial charge in [0.15, 0.2) is 5.78 Å². The second kappa shape index (κ2) is 3.77. The van der Waals surface area contributed by atoms with Crippen LogP contribution in [-0.4, -0.2) is 17.4 Å². The summed E-state index contributed by atoms with van der Waals surface area (Å²) in [6.45, 7) is 1.54. The number of phenolic OH excluding ortho intramolecular Hbond substituents is 1. The summed E-state index contributed by atoms with van der Waals surface area (Å²) < 4.78 is 0. The first-order valence-corrected chi connectivity index (χ1v) is 4.17. The van der Waals surface area contributed by atoms with Gasteiger partial charge in [0.2, 0.25) is 0 Å². The van der Waals surface area contributed by atoms with E-state index < -0.39 is 0 Å². The van der Waals surface area contributed by atoms with Crippen molar-refractivity contribution in [2.24, 2.45) is 5.73 Å². The maximum absolute atomic E-state index is 11.2. The highest BCUT2D eigenvalue weighted by Crippen LogP contribution is 2.28. The zero-order valence-corrected chi connectivity index (χ0v) is 7.93. The average Bonchev–Trinajstić information content (AvgIpc) is 2.12. The lowest BCUT2D eigenvalue weighted by molar-refractivity contribution is 0.0999. The van der Waals surface area contributed by atoms with Crippen molar-refractivity contribution in [3.63, 3.8) is 0 Å². The normalized spacial score (nSPS) is 10.1. The molecule has 0 spiro atoms. The van der Waals surface area contributed by atoms with Crippen LogP contribution in [0.4, 0.5) is 0 Å². The van der Waals surface area contributed by atoms with Crippen LogP contribution in [0.5, 0.6) is 5.75 Å². The fraction of sp³-hybridized carbons (Fsp3) is 0.222. The number of hydrogen-bond donors (Lipinski definition) is 2. The van der Waals surface area contributed by atoms with Gasteiger partial charge in [-0.15, -0.1) is 0 Å². The van der Waals surface area contributed by atoms with Crippen LogP contribution < -0.4 is 5.73 Å². The third-order valence-electron chi connectivity index (χ3n) is 1.79. The first-order chi connectivity index (χ1) is 6.07. The third-order valence-corrected chi connectivity index (χ3v) is 2.11. The molecule has 70 valence electrons. The zero-order chi connectivity index (χ0) is 10.0. The summed E-state index contributed by atoms with van der Waals surface area (Å²) in [6, 6.07) is 3.21. The highest BCUT2D eigenvalue weighted by molar-refractivity contribution is 6.34. The number of aromatic hydroxyl groups is 1. The summed E-state index contributed by atoms with van der Waals surface area (Å²) in [5.41, 5.74) is 5.90. The molecule has 0 saturated heterocycles. The molecule has 0 aliphatic carbocycles. The summed E-state index contributed by atoms with van der Waals surface area (Å²) in [7, 11) is 0. The van der Waals surface area contributed by atoms with Gasteiger partial charge < -0.3 is 10.8 Å². The Morgan fingerprint density at radius 2 is 2.23 bits per heavy atom. The largest absolute Gasteiger partial charge is 0.507 e. The van der Waals surface area contributed by atoms with Crippen LogP contribution in [0.1, 0.15) is 15.9 Å². The van der Waals surface area contributed by atoms with Gasteiger partial charge in [0.05, 0.1) is 17.1 Å². The molecule has 0 aliphatic heterocycles. The molecule has 0 aliphatic rings. The maximum atomic E-state index is 11.2. The minimum Gasteiger partial charge on any atom is -0.507 e. The van der Waals surface area contributed by atoms with Crippen LogP contribution in [0.25, 0.3) is 0 Å². The number of nitrogens with two attached hydrogens (primary N) is 1. The molecule has 1 aromatic rings. The molecule has 1 aromatic carbocycles. The molecule has 0 radical (unpaired) electrons. The molecule has 13 heavy (non-hydrogen) atoms. The van der Waals surface area contributed by atoms with E-state index in [2.05, 4.69) is 0 Å². The van der Waals surface area contributed by atoms with Gasteiger partial charge in [0.25, 0.3) is 0 Å². The second-order valence-electron chi connectivity index (χ2n) is 2.72. The molecule has 0 heterocycles. The van der Waals surface area contributed by atoms with Crippen molar-refractivity contribution in [3.05, 3.63) is 28.3 Å². The van der Waals surface area contributed by atoms with E-state index in [1.54, 1.807) is 19.1 Å². The van der Waals surface area contributed by atoms with Gasteiger partial charge in [-0.25, -0.2) is 0 Å². The summed E-state index contributed by atoms with van der Waals surface area (Å²) in [5, 5.41) is 9.75. The number of rotatable bonds is 2. The molecule has 0 unspecified atom stereocenters. The summed E-state index contributed by atoms with van der Waals surface area (Å²) in [5.74, 6) is -0.436. The molecule has 0 bridgehead atoms. The molecule has 3 N–H and O–H groups in total. The topological polar surface area (TPSA) is 63.3 Å². The Labute approximate surface area is 81.1 Å². The molecule has 0 atom stereocenters. The molecule has 0 aromatic heterocycles. The van der Waals surface area contributed by atoms with Crippen molar-refractivity contribution in [3.8, 4) is 5.75 Å². The molecule has 0 fully saturated rings. The van der Waals surface area contributed by atoms with Gasteiger partial charge in [0, 0.05) is 0 Å². The van der Waals surface area contributed by atoms with E-state index in [1.165, 1.54) is 0 Å². The van der Waals surface area contributed by atoms with E-state index in [9.17, 15) is 9.90 Å². The Hall–Kier alpha value is -1.06. The number of carbonyl (C=O) groups is 1. The SMILES string of the molecule is Cc1ccc(Cl)c(C(=O)CN)c1O. The second-order valence-corrected chi connectivity index (χ2v) is 3.12. The van der Waals surface area contributed by atoms with E-state index >= 15 is 0 Å². The first kappa shape index (κ1) is 10.0. The molecule has 1 rings (SSSR count). The molecule has 0 saturated carbocycles. The van der Waals surface area contributed by atoms with Crippen molar-refractivity contribution < 1.29 is 9.90 Å². The Balaban J connectivity index is 3.33. The first-order valence-electron chi connectivity index (χ1n) is 3.79. The molecular formula is C9H10ClNO2. The fourth-order valence-corrected chi connectivity index (χ4v) is 1.30. The van der Waals surface area contributed by atoms with Crippen LogP contribution in [0.15, 0.2) is 12.1 Å². The Morgan fingerprint density at radius 1 is 1.62 bits per heavy atom. The number of phenols is 1. The standard InChI is InChI=1S/C9H10ClNO2/c1-5-2-3-6(10)8(9(5)13)7(12)4-11/h2-3,13H,4,11H2,1H3. The van der Waals surface area contributed by atoms with Gasteiger partial charge in [-0.05, 0) is 18.6 Å². The van der Waals surface area contributed by atoms with Crippen LogP contribution in [0.3, 0.4) is 0 Å². The van der Waals surface area contributed by atoms with E-state index in [0.29, 0.717) is 5.56 Å². The number of Topliss-reactive ketones (excluding diaryl/α,β-unsaturated/α-hetero) is 1. The lowest BCUT2D eigenvalue weighted by Crippen LogP contribution is -2.14. The van der Waals surface area contributed by atoms with Crippen molar-refractivity contribution >= 4 is 17.4 Å². The van der Waals surface area contributed by atoms with Crippen LogP contribution in [0, 0.1) is 6.92 Å². The van der Waals surface area contributed by atoms with Gasteiger partial charge in [-0.1, -0.05) is 17.7 Å². The Kier molecular flexibility index (Phi) is 2.90. The summed E-state index contributed by atoms with van der Waals surface area (Å²) in [6.07, 6.45) is 0. The summed E-state index contributed by atoms with van der Waals surface area (Å²) >= 11 is 5.74. The number of carbonyl (C=O) groups excluding carboxylic acids is 1. The smallest absolute Gasteiger partial charge is 0.181 e. The Morgan fingerprint density at radius 3 is 2.77 bits per heavy atom. The predicted octanol–water partition coefficient (Wildman–Crippen LogP) is 1.50. The van der Waals surface area contributed by atoms with Crippen molar-refractivity contribution in [1.82, 2.24) is 0 Å². The minimum atomic E-state index is -0.355. The van der Waals surface area contributed by atoms with Crippen molar-refractivity contribution in [1.29, 1.82) is 0 Å². The number of ketones is 1. The molecule has 4 heteroatoms. The molecule has 0 amide bonds.